The summed E-state index contributed by atoms with van der Waals surface area (Å²) < 4.78 is 2.40. The summed E-state index contributed by atoms with van der Waals surface area (Å²) in [6.45, 7) is 0.587. The van der Waals surface area contributed by atoms with Gasteiger partial charge in [-0.1, -0.05) is 0 Å². The Morgan fingerprint density at radius 1 is 1.38 bits per heavy atom. The molecule has 0 aromatic carbocycles. The molecule has 1 aromatic heterocycles. The molecule has 0 spiro atoms. The molecule has 0 atom stereocenters. The first kappa shape index (κ1) is 7.56. The smallest absolute Gasteiger partial charge is 0.122 e. The highest BCUT2D eigenvalue weighted by atomic mass is 15.1. The van der Waals surface area contributed by atoms with E-state index in [-0.39, 0.29) is 0 Å². The van der Waals surface area contributed by atoms with Gasteiger partial charge in [-0.25, -0.2) is 4.98 Å². The second kappa shape index (κ2) is 2.58. The average molecular weight is 177 g/mol. The highest BCUT2D eigenvalue weighted by Gasteiger charge is 2.34. The standard InChI is InChI=1S/C10H15N3/c11-5-10-12-6-9(7-1-2-7)13(10)8-3-4-8/h6-8H,1-5,11H2. The second-order valence-electron chi connectivity index (χ2n) is 4.18. The summed E-state index contributed by atoms with van der Waals surface area (Å²) in [5, 5.41) is 0. The molecule has 1 aromatic rings. The van der Waals surface area contributed by atoms with E-state index < -0.39 is 0 Å². The van der Waals surface area contributed by atoms with E-state index in [9.17, 15) is 0 Å². The molecule has 0 unspecified atom stereocenters. The molecule has 13 heavy (non-hydrogen) atoms. The zero-order valence-corrected chi connectivity index (χ0v) is 7.74. The van der Waals surface area contributed by atoms with E-state index in [4.69, 9.17) is 5.73 Å². The summed E-state index contributed by atoms with van der Waals surface area (Å²) in [6, 6.07) is 0.733. The monoisotopic (exact) mass is 177 g/mol. The van der Waals surface area contributed by atoms with Crippen molar-refractivity contribution < 1.29 is 0 Å². The lowest BCUT2D eigenvalue weighted by Gasteiger charge is -2.08. The first-order valence-corrected chi connectivity index (χ1v) is 5.16. The fourth-order valence-electron chi connectivity index (χ4n) is 2.00. The lowest BCUT2D eigenvalue weighted by Crippen LogP contribution is -2.09. The quantitative estimate of drug-likeness (QED) is 0.761. The largest absolute Gasteiger partial charge is 0.328 e. The molecule has 0 aliphatic heterocycles. The highest BCUT2D eigenvalue weighted by Crippen LogP contribution is 2.45. The third-order valence-electron chi connectivity index (χ3n) is 2.99. The molecule has 3 heteroatoms. The molecule has 2 N–H and O–H groups in total. The summed E-state index contributed by atoms with van der Waals surface area (Å²) in [4.78, 5) is 4.40. The van der Waals surface area contributed by atoms with Crippen LogP contribution in [-0.4, -0.2) is 9.55 Å². The molecule has 0 amide bonds. The zero-order chi connectivity index (χ0) is 8.84. The van der Waals surface area contributed by atoms with Gasteiger partial charge in [0.05, 0.1) is 6.54 Å². The van der Waals surface area contributed by atoms with Gasteiger partial charge in [0, 0.05) is 23.9 Å². The minimum absolute atomic E-state index is 0.587. The number of hydrogen-bond donors (Lipinski definition) is 1. The minimum atomic E-state index is 0.587. The number of nitrogens with two attached hydrogens (primary N) is 1. The van der Waals surface area contributed by atoms with Gasteiger partial charge in [-0.3, -0.25) is 0 Å². The van der Waals surface area contributed by atoms with Crippen molar-refractivity contribution in [3.05, 3.63) is 17.7 Å². The van der Waals surface area contributed by atoms with Crippen LogP contribution in [0.3, 0.4) is 0 Å². The Balaban J connectivity index is 2.01. The van der Waals surface area contributed by atoms with Crippen molar-refractivity contribution in [3.8, 4) is 0 Å². The van der Waals surface area contributed by atoms with E-state index in [2.05, 4.69) is 9.55 Å². The minimum Gasteiger partial charge on any atom is -0.328 e. The molecule has 3 rings (SSSR count). The summed E-state index contributed by atoms with van der Waals surface area (Å²) in [7, 11) is 0. The molecule has 0 radical (unpaired) electrons. The molecule has 0 saturated heterocycles. The predicted molar refractivity (Wildman–Crippen MR) is 50.4 cm³/mol. The van der Waals surface area contributed by atoms with Crippen molar-refractivity contribution in [3.63, 3.8) is 0 Å². The number of rotatable bonds is 3. The molecule has 1 heterocycles. The van der Waals surface area contributed by atoms with Crippen LogP contribution in [0.2, 0.25) is 0 Å². The lowest BCUT2D eigenvalue weighted by molar-refractivity contribution is 0.648. The van der Waals surface area contributed by atoms with E-state index in [0.29, 0.717) is 6.54 Å². The van der Waals surface area contributed by atoms with Crippen LogP contribution in [0.5, 0.6) is 0 Å². The van der Waals surface area contributed by atoms with Crippen LogP contribution in [0.15, 0.2) is 6.20 Å². The summed E-state index contributed by atoms with van der Waals surface area (Å²) in [6.07, 6.45) is 7.38. The first-order chi connectivity index (χ1) is 6.40. The molecular formula is C10H15N3. The van der Waals surface area contributed by atoms with E-state index >= 15 is 0 Å². The Kier molecular flexibility index (Phi) is 1.50. The van der Waals surface area contributed by atoms with Crippen LogP contribution in [0, 0.1) is 0 Å². The van der Waals surface area contributed by atoms with Gasteiger partial charge in [-0.05, 0) is 25.7 Å². The van der Waals surface area contributed by atoms with Crippen LogP contribution in [0.1, 0.15) is 49.2 Å². The van der Waals surface area contributed by atoms with Gasteiger partial charge < -0.3 is 10.3 Å². The topological polar surface area (TPSA) is 43.8 Å². The third-order valence-corrected chi connectivity index (χ3v) is 2.99. The van der Waals surface area contributed by atoms with Crippen molar-refractivity contribution >= 4 is 0 Å². The van der Waals surface area contributed by atoms with Crippen molar-refractivity contribution in [2.45, 2.75) is 44.2 Å². The lowest BCUT2D eigenvalue weighted by atomic mass is 10.3. The normalized spacial score (nSPS) is 22.2. The van der Waals surface area contributed by atoms with Gasteiger partial charge in [0.25, 0.3) is 0 Å². The Labute approximate surface area is 78.0 Å². The Morgan fingerprint density at radius 3 is 2.69 bits per heavy atom. The van der Waals surface area contributed by atoms with Crippen molar-refractivity contribution in [1.29, 1.82) is 0 Å². The zero-order valence-electron chi connectivity index (χ0n) is 7.74. The number of hydrogen-bond acceptors (Lipinski definition) is 2. The van der Waals surface area contributed by atoms with Gasteiger partial charge in [0.1, 0.15) is 5.82 Å². The van der Waals surface area contributed by atoms with E-state index in [1.807, 2.05) is 6.20 Å². The van der Waals surface area contributed by atoms with Crippen LogP contribution in [0.25, 0.3) is 0 Å². The predicted octanol–water partition coefficient (Wildman–Crippen LogP) is 1.55. The van der Waals surface area contributed by atoms with Crippen LogP contribution < -0.4 is 5.73 Å². The van der Waals surface area contributed by atoms with Crippen molar-refractivity contribution in [1.82, 2.24) is 9.55 Å². The Bertz CT molecular complexity index is 321. The van der Waals surface area contributed by atoms with E-state index in [1.54, 1.807) is 0 Å². The Morgan fingerprint density at radius 2 is 2.15 bits per heavy atom. The third kappa shape index (κ3) is 1.18. The van der Waals surface area contributed by atoms with Crippen LogP contribution >= 0.6 is 0 Å². The van der Waals surface area contributed by atoms with Crippen molar-refractivity contribution in [2.24, 2.45) is 5.73 Å². The summed E-state index contributed by atoms with van der Waals surface area (Å²) in [5.41, 5.74) is 7.11. The number of imidazole rings is 1. The van der Waals surface area contributed by atoms with Gasteiger partial charge in [0.2, 0.25) is 0 Å². The molecule has 0 bridgehead atoms. The Hall–Kier alpha value is -0.830. The fourth-order valence-corrected chi connectivity index (χ4v) is 2.00. The molecule has 2 saturated carbocycles. The van der Waals surface area contributed by atoms with Gasteiger partial charge in [-0.2, -0.15) is 0 Å². The second-order valence-corrected chi connectivity index (χ2v) is 4.18. The summed E-state index contributed by atoms with van der Waals surface area (Å²) >= 11 is 0. The maximum atomic E-state index is 5.67. The van der Waals surface area contributed by atoms with Crippen LogP contribution in [0.4, 0.5) is 0 Å². The molecule has 2 aliphatic rings. The van der Waals surface area contributed by atoms with Crippen molar-refractivity contribution in [2.75, 3.05) is 0 Å². The van der Waals surface area contributed by atoms with Crippen LogP contribution in [-0.2, 0) is 6.54 Å². The number of nitrogens with zero attached hydrogens (tertiary/aromatic N) is 2. The van der Waals surface area contributed by atoms with Gasteiger partial charge >= 0.3 is 0 Å². The maximum absolute atomic E-state index is 5.67. The SMILES string of the molecule is NCc1ncc(C2CC2)n1C1CC1. The summed E-state index contributed by atoms with van der Waals surface area (Å²) in [5.74, 6) is 1.89. The average Bonchev–Trinajstić information content (AvgIpc) is 3.03. The van der Waals surface area contributed by atoms with Gasteiger partial charge in [-0.15, -0.1) is 0 Å². The molecule has 3 nitrogen and oxygen atoms in total. The molecule has 2 aliphatic carbocycles. The maximum Gasteiger partial charge on any atom is 0.122 e. The molecular weight excluding hydrogens is 162 g/mol. The molecule has 70 valence electrons. The fraction of sp³-hybridized carbons (Fsp3) is 0.700. The van der Waals surface area contributed by atoms with Gasteiger partial charge in [0.15, 0.2) is 0 Å². The number of aromatic nitrogens is 2. The van der Waals surface area contributed by atoms with E-state index in [0.717, 1.165) is 17.8 Å². The molecule has 2 fully saturated rings. The first-order valence-electron chi connectivity index (χ1n) is 5.16. The highest BCUT2D eigenvalue weighted by molar-refractivity contribution is 5.18. The van der Waals surface area contributed by atoms with E-state index in [1.165, 1.54) is 31.4 Å².